The van der Waals surface area contributed by atoms with Crippen LogP contribution in [0, 0.1) is 11.3 Å². The average Bonchev–Trinajstić information content (AvgIpc) is 2.15. The molecule has 1 atom stereocenters. The molecule has 0 radical (unpaired) electrons. The van der Waals surface area contributed by atoms with Crippen molar-refractivity contribution < 1.29 is 0 Å². The van der Waals surface area contributed by atoms with E-state index in [0.29, 0.717) is 5.41 Å². The minimum Gasteiger partial charge on any atom is -0.306 e. The van der Waals surface area contributed by atoms with Crippen molar-refractivity contribution in [2.24, 2.45) is 11.3 Å². The summed E-state index contributed by atoms with van der Waals surface area (Å²) in [6, 6.07) is 0. The molecule has 0 aromatic carbocycles. The molecule has 0 saturated carbocycles. The highest BCUT2D eigenvalue weighted by atomic mass is 15.1. The van der Waals surface area contributed by atoms with Crippen LogP contribution in [-0.4, -0.2) is 25.0 Å². The SMILES string of the molecule is CC(C)C1(C)CCCN(C)CC1. The van der Waals surface area contributed by atoms with Crippen molar-refractivity contribution >= 4 is 0 Å². The zero-order valence-corrected chi connectivity index (χ0v) is 9.06. The molecule has 1 heteroatoms. The third kappa shape index (κ3) is 2.22. The molecule has 0 aliphatic carbocycles. The van der Waals surface area contributed by atoms with Crippen LogP contribution in [0.5, 0.6) is 0 Å². The standard InChI is InChI=1S/C11H23N/c1-10(2)11(3)6-5-8-12(4)9-7-11/h10H,5-9H2,1-4H3. The summed E-state index contributed by atoms with van der Waals surface area (Å²) >= 11 is 0. The summed E-state index contributed by atoms with van der Waals surface area (Å²) in [5, 5.41) is 0. The normalized spacial score (nSPS) is 33.8. The van der Waals surface area contributed by atoms with Crippen molar-refractivity contribution in [1.29, 1.82) is 0 Å². The fourth-order valence-electron chi connectivity index (χ4n) is 2.01. The Morgan fingerprint density at radius 1 is 1.17 bits per heavy atom. The lowest BCUT2D eigenvalue weighted by atomic mass is 9.73. The Kier molecular flexibility index (Phi) is 3.16. The predicted octanol–water partition coefficient (Wildman–Crippen LogP) is 2.76. The predicted molar refractivity (Wildman–Crippen MR) is 54.3 cm³/mol. The van der Waals surface area contributed by atoms with Crippen LogP contribution in [0.25, 0.3) is 0 Å². The first-order chi connectivity index (χ1) is 5.54. The number of nitrogens with zero attached hydrogens (tertiary/aromatic N) is 1. The molecule has 1 aliphatic rings. The monoisotopic (exact) mass is 169 g/mol. The Balaban J connectivity index is 2.55. The van der Waals surface area contributed by atoms with Gasteiger partial charge in [-0.3, -0.25) is 0 Å². The molecule has 1 saturated heterocycles. The highest BCUT2D eigenvalue weighted by Crippen LogP contribution is 2.37. The number of rotatable bonds is 1. The molecule has 12 heavy (non-hydrogen) atoms. The molecule has 0 aromatic heterocycles. The molecule has 0 amide bonds. The van der Waals surface area contributed by atoms with E-state index in [0.717, 1.165) is 5.92 Å². The molecule has 1 heterocycles. The second-order valence-electron chi connectivity index (χ2n) is 4.97. The van der Waals surface area contributed by atoms with Crippen molar-refractivity contribution in [3.63, 3.8) is 0 Å². The first-order valence-corrected chi connectivity index (χ1v) is 5.23. The third-order valence-corrected chi connectivity index (χ3v) is 3.75. The van der Waals surface area contributed by atoms with Crippen molar-refractivity contribution in [1.82, 2.24) is 4.90 Å². The van der Waals surface area contributed by atoms with Gasteiger partial charge in [-0.25, -0.2) is 0 Å². The minimum absolute atomic E-state index is 0.602. The smallest absolute Gasteiger partial charge is 0.00165 e. The van der Waals surface area contributed by atoms with E-state index in [9.17, 15) is 0 Å². The Morgan fingerprint density at radius 2 is 1.83 bits per heavy atom. The fraction of sp³-hybridized carbons (Fsp3) is 1.00. The lowest BCUT2D eigenvalue weighted by Crippen LogP contribution is -2.25. The van der Waals surface area contributed by atoms with E-state index < -0.39 is 0 Å². The van der Waals surface area contributed by atoms with Gasteiger partial charge in [0.05, 0.1) is 0 Å². The maximum absolute atomic E-state index is 2.47. The van der Waals surface area contributed by atoms with Gasteiger partial charge in [0.2, 0.25) is 0 Å². The molecule has 1 aliphatic heterocycles. The van der Waals surface area contributed by atoms with Crippen LogP contribution in [-0.2, 0) is 0 Å². The van der Waals surface area contributed by atoms with Crippen LogP contribution in [0.2, 0.25) is 0 Å². The molecule has 1 fully saturated rings. The topological polar surface area (TPSA) is 3.24 Å². The lowest BCUT2D eigenvalue weighted by Gasteiger charge is -2.32. The van der Waals surface area contributed by atoms with Crippen molar-refractivity contribution in [2.75, 3.05) is 20.1 Å². The second-order valence-corrected chi connectivity index (χ2v) is 4.97. The van der Waals surface area contributed by atoms with Gasteiger partial charge < -0.3 is 4.90 Å². The van der Waals surface area contributed by atoms with Crippen molar-refractivity contribution in [2.45, 2.75) is 40.0 Å². The number of hydrogen-bond acceptors (Lipinski definition) is 1. The summed E-state index contributed by atoms with van der Waals surface area (Å²) in [7, 11) is 2.24. The molecule has 1 rings (SSSR count). The van der Waals surface area contributed by atoms with Gasteiger partial charge in [-0.05, 0) is 50.7 Å². The van der Waals surface area contributed by atoms with Crippen LogP contribution in [0.15, 0.2) is 0 Å². The molecule has 0 N–H and O–H groups in total. The second kappa shape index (κ2) is 3.78. The first-order valence-electron chi connectivity index (χ1n) is 5.23. The van der Waals surface area contributed by atoms with Crippen molar-refractivity contribution in [3.8, 4) is 0 Å². The van der Waals surface area contributed by atoms with E-state index in [4.69, 9.17) is 0 Å². The molecular weight excluding hydrogens is 146 g/mol. The highest BCUT2D eigenvalue weighted by molar-refractivity contribution is 4.81. The maximum atomic E-state index is 2.47. The van der Waals surface area contributed by atoms with E-state index in [2.05, 4.69) is 32.7 Å². The molecule has 0 aromatic rings. The van der Waals surface area contributed by atoms with Gasteiger partial charge >= 0.3 is 0 Å². The summed E-state index contributed by atoms with van der Waals surface area (Å²) < 4.78 is 0. The van der Waals surface area contributed by atoms with Crippen LogP contribution >= 0.6 is 0 Å². The van der Waals surface area contributed by atoms with Crippen molar-refractivity contribution in [3.05, 3.63) is 0 Å². The fourth-order valence-corrected chi connectivity index (χ4v) is 2.01. The Morgan fingerprint density at radius 3 is 2.42 bits per heavy atom. The van der Waals surface area contributed by atoms with Crippen LogP contribution in [0.3, 0.4) is 0 Å². The average molecular weight is 169 g/mol. The highest BCUT2D eigenvalue weighted by Gasteiger charge is 2.29. The zero-order valence-electron chi connectivity index (χ0n) is 9.06. The quantitative estimate of drug-likeness (QED) is 0.583. The number of hydrogen-bond donors (Lipinski definition) is 0. The van der Waals surface area contributed by atoms with E-state index in [1.165, 1.54) is 32.4 Å². The number of likely N-dealkylation sites (tertiary alicyclic amines) is 1. The van der Waals surface area contributed by atoms with Crippen LogP contribution < -0.4 is 0 Å². The summed E-state index contributed by atoms with van der Waals surface area (Å²) in [6.45, 7) is 9.77. The minimum atomic E-state index is 0.602. The Hall–Kier alpha value is -0.0400. The molecule has 1 unspecified atom stereocenters. The van der Waals surface area contributed by atoms with E-state index in [-0.39, 0.29) is 0 Å². The van der Waals surface area contributed by atoms with Gasteiger partial charge in [-0.2, -0.15) is 0 Å². The van der Waals surface area contributed by atoms with Gasteiger partial charge in [-0.15, -0.1) is 0 Å². The summed E-state index contributed by atoms with van der Waals surface area (Å²) in [5.41, 5.74) is 0.602. The zero-order chi connectivity index (χ0) is 9.19. The van der Waals surface area contributed by atoms with Crippen LogP contribution in [0.1, 0.15) is 40.0 Å². The molecule has 0 spiro atoms. The van der Waals surface area contributed by atoms with Gasteiger partial charge in [0.1, 0.15) is 0 Å². The molecule has 1 nitrogen and oxygen atoms in total. The van der Waals surface area contributed by atoms with Gasteiger partial charge in [0.25, 0.3) is 0 Å². The van der Waals surface area contributed by atoms with E-state index in [1.54, 1.807) is 0 Å². The van der Waals surface area contributed by atoms with E-state index in [1.807, 2.05) is 0 Å². The molecule has 72 valence electrons. The first kappa shape index (κ1) is 10.0. The van der Waals surface area contributed by atoms with Gasteiger partial charge in [0, 0.05) is 0 Å². The van der Waals surface area contributed by atoms with Gasteiger partial charge in [0.15, 0.2) is 0 Å². The third-order valence-electron chi connectivity index (χ3n) is 3.75. The van der Waals surface area contributed by atoms with E-state index >= 15 is 0 Å². The summed E-state index contributed by atoms with van der Waals surface area (Å²) in [5.74, 6) is 0.837. The Bertz CT molecular complexity index is 142. The summed E-state index contributed by atoms with van der Waals surface area (Å²) in [6.07, 6.45) is 4.17. The lowest BCUT2D eigenvalue weighted by molar-refractivity contribution is 0.184. The van der Waals surface area contributed by atoms with Gasteiger partial charge in [-0.1, -0.05) is 20.8 Å². The molecular formula is C11H23N. The summed E-state index contributed by atoms with van der Waals surface area (Å²) in [4.78, 5) is 2.47. The largest absolute Gasteiger partial charge is 0.306 e. The Labute approximate surface area is 77.1 Å². The maximum Gasteiger partial charge on any atom is -0.00165 e. The molecule has 0 bridgehead atoms. The van der Waals surface area contributed by atoms with Crippen LogP contribution in [0.4, 0.5) is 0 Å².